The third-order valence-corrected chi connectivity index (χ3v) is 6.26. The molecule has 0 radical (unpaired) electrons. The van der Waals surface area contributed by atoms with Crippen LogP contribution >= 0.6 is 27.7 Å². The number of thioether (sulfide) groups is 1. The van der Waals surface area contributed by atoms with E-state index in [1.165, 1.54) is 11.8 Å². The van der Waals surface area contributed by atoms with Crippen molar-refractivity contribution in [1.29, 1.82) is 0 Å². The molecule has 6 nitrogen and oxygen atoms in total. The van der Waals surface area contributed by atoms with Crippen LogP contribution in [0.25, 0.3) is 0 Å². The normalized spacial score (nSPS) is 18.1. The number of nitrogens with one attached hydrogen (secondary N) is 1. The average Bonchev–Trinajstić information content (AvgIpc) is 3.23. The molecule has 0 spiro atoms. The predicted octanol–water partition coefficient (Wildman–Crippen LogP) is 4.43. The summed E-state index contributed by atoms with van der Waals surface area (Å²) in [4.78, 5) is 11.3. The molecule has 0 aromatic heterocycles. The van der Waals surface area contributed by atoms with Gasteiger partial charge in [-0.3, -0.25) is 10.1 Å². The Bertz CT molecular complexity index is 907. The summed E-state index contributed by atoms with van der Waals surface area (Å²) in [5.74, 6) is 1.59. The molecule has 0 saturated carbocycles. The molecule has 2 N–H and O–H groups in total. The number of hydrogen-bond donors (Lipinski definition) is 2. The standard InChI is InChI=1S/C22H24BrNO5S/c1-3-6-14-7-4-5-8-18(14)28-9-10-29-20-16(11-15(23)12-19(20)27-2)21-24-17(13-30-21)22(25)26/h3-5,7-8,11-12,17,21,24H,1,6,9-10,13H2,2H3,(H,25,26). The van der Waals surface area contributed by atoms with Crippen LogP contribution in [0.5, 0.6) is 17.2 Å². The molecule has 1 fully saturated rings. The van der Waals surface area contributed by atoms with Crippen molar-refractivity contribution in [2.45, 2.75) is 17.8 Å². The summed E-state index contributed by atoms with van der Waals surface area (Å²) in [6.45, 7) is 4.45. The van der Waals surface area contributed by atoms with Crippen molar-refractivity contribution in [3.63, 3.8) is 0 Å². The minimum absolute atomic E-state index is 0.207. The number of rotatable bonds is 10. The quantitative estimate of drug-likeness (QED) is 0.374. The Kier molecular flexibility index (Phi) is 8.07. The zero-order valence-electron chi connectivity index (χ0n) is 16.6. The molecule has 2 aromatic rings. The van der Waals surface area contributed by atoms with E-state index < -0.39 is 12.0 Å². The molecule has 30 heavy (non-hydrogen) atoms. The van der Waals surface area contributed by atoms with Gasteiger partial charge in [0.1, 0.15) is 25.0 Å². The van der Waals surface area contributed by atoms with Gasteiger partial charge in [-0.25, -0.2) is 0 Å². The topological polar surface area (TPSA) is 77.0 Å². The lowest BCUT2D eigenvalue weighted by Crippen LogP contribution is -2.33. The van der Waals surface area contributed by atoms with E-state index >= 15 is 0 Å². The molecule has 160 valence electrons. The smallest absolute Gasteiger partial charge is 0.321 e. The van der Waals surface area contributed by atoms with Gasteiger partial charge in [0.15, 0.2) is 11.5 Å². The van der Waals surface area contributed by atoms with Gasteiger partial charge in [0.2, 0.25) is 0 Å². The highest BCUT2D eigenvalue weighted by molar-refractivity contribution is 9.10. The van der Waals surface area contributed by atoms with Gasteiger partial charge in [-0.15, -0.1) is 18.3 Å². The highest BCUT2D eigenvalue weighted by Crippen LogP contribution is 2.44. The molecule has 2 unspecified atom stereocenters. The summed E-state index contributed by atoms with van der Waals surface area (Å²) in [6, 6.07) is 11.0. The van der Waals surface area contributed by atoms with Gasteiger partial charge in [0, 0.05) is 15.8 Å². The Labute approximate surface area is 188 Å². The van der Waals surface area contributed by atoms with Crippen molar-refractivity contribution in [2.24, 2.45) is 0 Å². The minimum Gasteiger partial charge on any atom is -0.493 e. The van der Waals surface area contributed by atoms with Crippen molar-refractivity contribution in [1.82, 2.24) is 5.32 Å². The first-order chi connectivity index (χ1) is 14.5. The number of halogens is 1. The first kappa shape index (κ1) is 22.5. The molecule has 0 aliphatic carbocycles. The molecule has 3 rings (SSSR count). The van der Waals surface area contributed by atoms with E-state index in [-0.39, 0.29) is 5.37 Å². The van der Waals surface area contributed by atoms with E-state index in [2.05, 4.69) is 27.8 Å². The largest absolute Gasteiger partial charge is 0.493 e. The van der Waals surface area contributed by atoms with E-state index in [4.69, 9.17) is 14.2 Å². The fourth-order valence-electron chi connectivity index (χ4n) is 3.15. The highest BCUT2D eigenvalue weighted by atomic mass is 79.9. The lowest BCUT2D eigenvalue weighted by molar-refractivity contribution is -0.138. The number of allylic oxidation sites excluding steroid dienone is 1. The number of benzene rings is 2. The Balaban J connectivity index is 1.71. The summed E-state index contributed by atoms with van der Waals surface area (Å²) in [5.41, 5.74) is 1.91. The SMILES string of the molecule is C=CCc1ccccc1OCCOc1c(OC)cc(Br)cc1C1NC(C(=O)O)CS1. The van der Waals surface area contributed by atoms with E-state index in [0.29, 0.717) is 30.5 Å². The lowest BCUT2D eigenvalue weighted by Gasteiger charge is -2.20. The summed E-state index contributed by atoms with van der Waals surface area (Å²) in [5, 5.41) is 12.2. The maximum absolute atomic E-state index is 11.3. The molecule has 1 aliphatic heterocycles. The second kappa shape index (κ2) is 10.7. The molecular weight excluding hydrogens is 470 g/mol. The van der Waals surface area contributed by atoms with Crippen LogP contribution in [0.4, 0.5) is 0 Å². The van der Waals surface area contributed by atoms with Gasteiger partial charge in [0.25, 0.3) is 0 Å². The second-order valence-electron chi connectivity index (χ2n) is 6.59. The Morgan fingerprint density at radius 1 is 1.30 bits per heavy atom. The van der Waals surface area contributed by atoms with Gasteiger partial charge in [-0.05, 0) is 30.2 Å². The number of aliphatic carboxylic acids is 1. The molecule has 0 bridgehead atoms. The van der Waals surface area contributed by atoms with Gasteiger partial charge < -0.3 is 19.3 Å². The number of para-hydroxylation sites is 1. The summed E-state index contributed by atoms with van der Waals surface area (Å²) < 4.78 is 18.3. The number of carbonyl (C=O) groups is 1. The van der Waals surface area contributed by atoms with Gasteiger partial charge in [-0.2, -0.15) is 0 Å². The maximum atomic E-state index is 11.3. The van der Waals surface area contributed by atoms with Crippen LogP contribution in [0.2, 0.25) is 0 Å². The fourth-order valence-corrected chi connectivity index (χ4v) is 4.84. The Hall–Kier alpha value is -2.16. The Morgan fingerprint density at radius 2 is 2.07 bits per heavy atom. The van der Waals surface area contributed by atoms with Crippen molar-refractivity contribution in [3.05, 3.63) is 64.7 Å². The van der Waals surface area contributed by atoms with Crippen LogP contribution in [0.3, 0.4) is 0 Å². The molecule has 1 saturated heterocycles. The van der Waals surface area contributed by atoms with E-state index in [0.717, 1.165) is 27.8 Å². The highest BCUT2D eigenvalue weighted by Gasteiger charge is 2.33. The van der Waals surface area contributed by atoms with Crippen molar-refractivity contribution in [2.75, 3.05) is 26.1 Å². The molecule has 2 aromatic carbocycles. The number of methoxy groups -OCH3 is 1. The number of hydrogen-bond acceptors (Lipinski definition) is 6. The van der Waals surface area contributed by atoms with Gasteiger partial charge in [-0.1, -0.05) is 40.2 Å². The first-order valence-electron chi connectivity index (χ1n) is 9.45. The molecule has 1 heterocycles. The number of carboxylic acid groups (broad SMARTS) is 1. The van der Waals surface area contributed by atoms with Crippen molar-refractivity contribution < 1.29 is 24.1 Å². The molecule has 8 heteroatoms. The summed E-state index contributed by atoms with van der Waals surface area (Å²) in [6.07, 6.45) is 2.57. The zero-order valence-corrected chi connectivity index (χ0v) is 19.0. The average molecular weight is 494 g/mol. The second-order valence-corrected chi connectivity index (χ2v) is 8.65. The minimum atomic E-state index is -0.860. The predicted molar refractivity (Wildman–Crippen MR) is 122 cm³/mol. The number of carboxylic acids is 1. The monoisotopic (exact) mass is 493 g/mol. The Morgan fingerprint density at radius 3 is 2.77 bits per heavy atom. The third kappa shape index (κ3) is 5.50. The summed E-state index contributed by atoms with van der Waals surface area (Å²) >= 11 is 5.02. The van der Waals surface area contributed by atoms with Crippen LogP contribution in [-0.2, 0) is 11.2 Å². The van der Waals surface area contributed by atoms with Crippen molar-refractivity contribution >= 4 is 33.7 Å². The third-order valence-electron chi connectivity index (χ3n) is 4.56. The molecule has 2 atom stereocenters. The first-order valence-corrected chi connectivity index (χ1v) is 11.3. The molecule has 1 aliphatic rings. The van der Waals surface area contributed by atoms with Gasteiger partial charge >= 0.3 is 5.97 Å². The van der Waals surface area contributed by atoms with Crippen molar-refractivity contribution in [3.8, 4) is 17.2 Å². The van der Waals surface area contributed by atoms with E-state index in [1.807, 2.05) is 42.5 Å². The van der Waals surface area contributed by atoms with Gasteiger partial charge in [0.05, 0.1) is 12.5 Å². The lowest BCUT2D eigenvalue weighted by atomic mass is 10.1. The van der Waals surface area contributed by atoms with Crippen LogP contribution < -0.4 is 19.5 Å². The zero-order chi connectivity index (χ0) is 21.5. The molecule has 0 amide bonds. The number of ether oxygens (including phenoxy) is 3. The van der Waals surface area contributed by atoms with Crippen LogP contribution in [0.1, 0.15) is 16.5 Å². The fraction of sp³-hybridized carbons (Fsp3) is 0.318. The summed E-state index contributed by atoms with van der Waals surface area (Å²) in [7, 11) is 1.58. The van der Waals surface area contributed by atoms with Crippen LogP contribution in [0, 0.1) is 0 Å². The van der Waals surface area contributed by atoms with E-state index in [1.54, 1.807) is 7.11 Å². The van der Waals surface area contributed by atoms with Crippen LogP contribution in [0.15, 0.2) is 53.5 Å². The van der Waals surface area contributed by atoms with Crippen LogP contribution in [-0.4, -0.2) is 43.2 Å². The molecular formula is C22H24BrNO5S. The maximum Gasteiger partial charge on any atom is 0.321 e. The van der Waals surface area contributed by atoms with E-state index in [9.17, 15) is 9.90 Å².